The Balaban J connectivity index is 2.16. The van der Waals surface area contributed by atoms with Crippen LogP contribution in [-0.4, -0.2) is 12.5 Å². The maximum absolute atomic E-state index is 12.4. The predicted octanol–water partition coefficient (Wildman–Crippen LogP) is 2.40. The summed E-state index contributed by atoms with van der Waals surface area (Å²) < 4.78 is 0. The minimum atomic E-state index is -0.135. The highest BCUT2D eigenvalue weighted by molar-refractivity contribution is 5.95. The van der Waals surface area contributed by atoms with E-state index in [4.69, 9.17) is 11.5 Å². The van der Waals surface area contributed by atoms with Gasteiger partial charge in [-0.1, -0.05) is 36.4 Å². The van der Waals surface area contributed by atoms with Crippen LogP contribution in [0.3, 0.4) is 0 Å². The van der Waals surface area contributed by atoms with Crippen LogP contribution in [0.15, 0.2) is 48.5 Å². The van der Waals surface area contributed by atoms with Crippen molar-refractivity contribution in [2.24, 2.45) is 5.73 Å². The molecule has 0 heterocycles. The van der Waals surface area contributed by atoms with E-state index in [9.17, 15) is 4.79 Å². The Labute approximate surface area is 125 Å². The molecule has 4 nitrogen and oxygen atoms in total. The standard InChI is InChI=1S/C17H21N3O/c1-12-7-8-14(11-15(12)19)17(21)20-16(9-10-18)13-5-3-2-4-6-13/h2-8,11,16H,9-10,18-19H2,1H3,(H,20,21). The first-order valence-corrected chi connectivity index (χ1v) is 7.04. The van der Waals surface area contributed by atoms with Gasteiger partial charge >= 0.3 is 0 Å². The van der Waals surface area contributed by atoms with Gasteiger partial charge in [-0.15, -0.1) is 0 Å². The SMILES string of the molecule is Cc1ccc(C(=O)NC(CCN)c2ccccc2)cc1N. The molecule has 0 aromatic heterocycles. The number of benzene rings is 2. The Morgan fingerprint density at radius 1 is 1.19 bits per heavy atom. The van der Waals surface area contributed by atoms with Gasteiger partial charge in [0.2, 0.25) is 0 Å². The fourth-order valence-electron chi connectivity index (χ4n) is 2.20. The summed E-state index contributed by atoms with van der Waals surface area (Å²) in [6, 6.07) is 15.1. The van der Waals surface area contributed by atoms with E-state index < -0.39 is 0 Å². The molecule has 0 aliphatic rings. The number of nitrogens with one attached hydrogen (secondary N) is 1. The fourth-order valence-corrected chi connectivity index (χ4v) is 2.20. The molecule has 4 heteroatoms. The van der Waals surface area contributed by atoms with Gasteiger partial charge in [-0.2, -0.15) is 0 Å². The zero-order valence-corrected chi connectivity index (χ0v) is 12.2. The third-order valence-corrected chi connectivity index (χ3v) is 3.50. The summed E-state index contributed by atoms with van der Waals surface area (Å²) in [5.41, 5.74) is 14.7. The van der Waals surface area contributed by atoms with E-state index in [0.29, 0.717) is 24.2 Å². The summed E-state index contributed by atoms with van der Waals surface area (Å²) in [4.78, 5) is 12.4. The van der Waals surface area contributed by atoms with Crippen LogP contribution in [0, 0.1) is 6.92 Å². The molecule has 0 saturated carbocycles. The average Bonchev–Trinajstić information content (AvgIpc) is 2.50. The van der Waals surface area contributed by atoms with E-state index in [1.165, 1.54) is 0 Å². The Kier molecular flexibility index (Phi) is 4.95. The fraction of sp³-hybridized carbons (Fsp3) is 0.235. The summed E-state index contributed by atoms with van der Waals surface area (Å²) in [5, 5.41) is 3.02. The van der Waals surface area contributed by atoms with Gasteiger partial charge in [-0.05, 0) is 43.1 Å². The van der Waals surface area contributed by atoms with Gasteiger partial charge in [-0.3, -0.25) is 4.79 Å². The lowest BCUT2D eigenvalue weighted by Gasteiger charge is -2.19. The van der Waals surface area contributed by atoms with Crippen molar-refractivity contribution in [3.05, 3.63) is 65.2 Å². The van der Waals surface area contributed by atoms with Gasteiger partial charge < -0.3 is 16.8 Å². The summed E-state index contributed by atoms with van der Waals surface area (Å²) in [7, 11) is 0. The quantitative estimate of drug-likeness (QED) is 0.737. The van der Waals surface area contributed by atoms with Crippen molar-refractivity contribution in [2.45, 2.75) is 19.4 Å². The molecule has 0 aliphatic carbocycles. The number of carbonyl (C=O) groups excluding carboxylic acids is 1. The molecular formula is C17H21N3O. The number of aryl methyl sites for hydroxylation is 1. The van der Waals surface area contributed by atoms with E-state index >= 15 is 0 Å². The number of nitrogens with two attached hydrogens (primary N) is 2. The predicted molar refractivity (Wildman–Crippen MR) is 85.9 cm³/mol. The maximum Gasteiger partial charge on any atom is 0.251 e. The average molecular weight is 283 g/mol. The number of nitrogen functional groups attached to an aromatic ring is 1. The van der Waals surface area contributed by atoms with Crippen molar-refractivity contribution < 1.29 is 4.79 Å². The van der Waals surface area contributed by atoms with Crippen molar-refractivity contribution in [3.63, 3.8) is 0 Å². The second-order valence-electron chi connectivity index (χ2n) is 5.09. The third-order valence-electron chi connectivity index (χ3n) is 3.50. The first-order chi connectivity index (χ1) is 10.1. The molecule has 0 aliphatic heterocycles. The Bertz CT molecular complexity index is 611. The lowest BCUT2D eigenvalue weighted by atomic mass is 10.0. The van der Waals surface area contributed by atoms with E-state index in [-0.39, 0.29) is 11.9 Å². The van der Waals surface area contributed by atoms with E-state index in [2.05, 4.69) is 5.32 Å². The highest BCUT2D eigenvalue weighted by Gasteiger charge is 2.15. The summed E-state index contributed by atoms with van der Waals surface area (Å²) in [6.45, 7) is 2.42. The van der Waals surface area contributed by atoms with Crippen molar-refractivity contribution in [3.8, 4) is 0 Å². The largest absolute Gasteiger partial charge is 0.398 e. The summed E-state index contributed by atoms with van der Waals surface area (Å²) >= 11 is 0. The van der Waals surface area contributed by atoms with Crippen LogP contribution in [0.1, 0.15) is 33.9 Å². The maximum atomic E-state index is 12.4. The number of anilines is 1. The number of rotatable bonds is 5. The van der Waals surface area contributed by atoms with Crippen molar-refractivity contribution in [2.75, 3.05) is 12.3 Å². The summed E-state index contributed by atoms with van der Waals surface area (Å²) in [6.07, 6.45) is 0.692. The highest BCUT2D eigenvalue weighted by atomic mass is 16.1. The van der Waals surface area contributed by atoms with E-state index in [0.717, 1.165) is 11.1 Å². The smallest absolute Gasteiger partial charge is 0.251 e. The summed E-state index contributed by atoms with van der Waals surface area (Å²) in [5.74, 6) is -0.135. The molecular weight excluding hydrogens is 262 g/mol. The molecule has 2 rings (SSSR count). The molecule has 2 aromatic rings. The molecule has 1 unspecified atom stereocenters. The van der Waals surface area contributed by atoms with Crippen LogP contribution < -0.4 is 16.8 Å². The van der Waals surface area contributed by atoms with Crippen LogP contribution in [0.5, 0.6) is 0 Å². The number of hydrogen-bond acceptors (Lipinski definition) is 3. The van der Waals surface area contributed by atoms with Gasteiger partial charge in [-0.25, -0.2) is 0 Å². The molecule has 0 radical (unpaired) electrons. The molecule has 0 fully saturated rings. The van der Waals surface area contributed by atoms with Crippen LogP contribution in [0.2, 0.25) is 0 Å². The topological polar surface area (TPSA) is 81.1 Å². The van der Waals surface area contributed by atoms with Crippen LogP contribution >= 0.6 is 0 Å². The van der Waals surface area contributed by atoms with Crippen molar-refractivity contribution >= 4 is 11.6 Å². The molecule has 5 N–H and O–H groups in total. The second-order valence-corrected chi connectivity index (χ2v) is 5.09. The minimum Gasteiger partial charge on any atom is -0.398 e. The van der Waals surface area contributed by atoms with Gasteiger partial charge in [0.1, 0.15) is 0 Å². The van der Waals surface area contributed by atoms with Gasteiger partial charge in [0.05, 0.1) is 6.04 Å². The molecule has 2 aromatic carbocycles. The molecule has 0 spiro atoms. The van der Waals surface area contributed by atoms with Crippen LogP contribution in [-0.2, 0) is 0 Å². The molecule has 1 amide bonds. The molecule has 110 valence electrons. The number of hydrogen-bond donors (Lipinski definition) is 3. The second kappa shape index (κ2) is 6.90. The monoisotopic (exact) mass is 283 g/mol. The van der Waals surface area contributed by atoms with Gasteiger partial charge in [0.15, 0.2) is 0 Å². The zero-order chi connectivity index (χ0) is 15.2. The lowest BCUT2D eigenvalue weighted by Crippen LogP contribution is -2.30. The van der Waals surface area contributed by atoms with E-state index in [1.807, 2.05) is 43.3 Å². The van der Waals surface area contributed by atoms with Crippen LogP contribution in [0.25, 0.3) is 0 Å². The van der Waals surface area contributed by atoms with Gasteiger partial charge in [0.25, 0.3) is 5.91 Å². The Morgan fingerprint density at radius 3 is 2.52 bits per heavy atom. The van der Waals surface area contributed by atoms with Crippen LogP contribution in [0.4, 0.5) is 5.69 Å². The Morgan fingerprint density at radius 2 is 1.90 bits per heavy atom. The van der Waals surface area contributed by atoms with E-state index in [1.54, 1.807) is 12.1 Å². The van der Waals surface area contributed by atoms with Crippen molar-refractivity contribution in [1.82, 2.24) is 5.32 Å². The molecule has 21 heavy (non-hydrogen) atoms. The number of carbonyl (C=O) groups is 1. The Hall–Kier alpha value is -2.33. The van der Waals surface area contributed by atoms with Gasteiger partial charge in [0, 0.05) is 11.3 Å². The zero-order valence-electron chi connectivity index (χ0n) is 12.2. The normalized spacial score (nSPS) is 11.9. The first-order valence-electron chi connectivity index (χ1n) is 7.04. The molecule has 1 atom stereocenters. The number of amides is 1. The molecule has 0 saturated heterocycles. The first kappa shape index (κ1) is 15.1. The van der Waals surface area contributed by atoms with Crippen molar-refractivity contribution in [1.29, 1.82) is 0 Å². The highest BCUT2D eigenvalue weighted by Crippen LogP contribution is 2.18. The molecule has 0 bridgehead atoms. The minimum absolute atomic E-state index is 0.0915. The lowest BCUT2D eigenvalue weighted by molar-refractivity contribution is 0.0935. The third kappa shape index (κ3) is 3.83.